The molecule has 24 heavy (non-hydrogen) atoms. The summed E-state index contributed by atoms with van der Waals surface area (Å²) in [5.74, 6) is 0.759. The molecule has 3 N–H and O–H groups in total. The Labute approximate surface area is 145 Å². The van der Waals surface area contributed by atoms with Gasteiger partial charge in [-0.1, -0.05) is 17.7 Å². The van der Waals surface area contributed by atoms with E-state index in [1.54, 1.807) is 15.7 Å². The van der Waals surface area contributed by atoms with Crippen molar-refractivity contribution in [2.75, 3.05) is 25.9 Å². The van der Waals surface area contributed by atoms with E-state index in [0.29, 0.717) is 10.8 Å². The molecule has 0 aromatic carbocycles. The van der Waals surface area contributed by atoms with Crippen LogP contribution in [-0.2, 0) is 0 Å². The van der Waals surface area contributed by atoms with Gasteiger partial charge < -0.3 is 11.1 Å². The Balaban J connectivity index is 1.81. The van der Waals surface area contributed by atoms with Crippen LogP contribution < -0.4 is 11.1 Å². The number of fused-ring (bicyclic) bond motifs is 1. The van der Waals surface area contributed by atoms with E-state index in [1.807, 2.05) is 19.5 Å². The molecule has 126 valence electrons. The van der Waals surface area contributed by atoms with Gasteiger partial charge in [0.1, 0.15) is 10.8 Å². The molecule has 1 unspecified atom stereocenters. The van der Waals surface area contributed by atoms with Crippen LogP contribution in [0.1, 0.15) is 35.9 Å². The highest BCUT2D eigenvalue weighted by Gasteiger charge is 2.25. The molecule has 4 rings (SSSR count). The van der Waals surface area contributed by atoms with Gasteiger partial charge in [-0.25, -0.2) is 4.98 Å². The van der Waals surface area contributed by atoms with E-state index in [4.69, 9.17) is 22.3 Å². The summed E-state index contributed by atoms with van der Waals surface area (Å²) in [5.41, 5.74) is 8.84. The van der Waals surface area contributed by atoms with Crippen LogP contribution in [0.3, 0.4) is 0 Å². The highest BCUT2D eigenvalue weighted by atomic mass is 35.5. The van der Waals surface area contributed by atoms with Crippen LogP contribution in [-0.4, -0.2) is 46.0 Å². The summed E-state index contributed by atoms with van der Waals surface area (Å²) < 4.78 is 1.62. The molecule has 8 heteroatoms. The van der Waals surface area contributed by atoms with Crippen LogP contribution >= 0.6 is 11.6 Å². The lowest BCUT2D eigenvalue weighted by atomic mass is 9.95. The number of hydrogen-bond donors (Lipinski definition) is 2. The van der Waals surface area contributed by atoms with Crippen molar-refractivity contribution < 1.29 is 0 Å². The Morgan fingerprint density at radius 1 is 1.42 bits per heavy atom. The van der Waals surface area contributed by atoms with Gasteiger partial charge in [0.25, 0.3) is 0 Å². The number of halogens is 1. The Bertz CT molecular complexity index is 805. The minimum atomic E-state index is 0.0316. The molecule has 2 aliphatic heterocycles. The van der Waals surface area contributed by atoms with Crippen molar-refractivity contribution in [1.82, 2.24) is 24.9 Å². The summed E-state index contributed by atoms with van der Waals surface area (Å²) >= 11 is 6.50. The summed E-state index contributed by atoms with van der Waals surface area (Å²) in [5, 5.41) is 14.4. The SMILES string of the molecule is CN1C=CC(c2cnn3c(N)c(Cl)c([C@H]4CCCNC4)nc23)C=N1. The molecule has 0 saturated carbocycles. The summed E-state index contributed by atoms with van der Waals surface area (Å²) in [6.45, 7) is 1.92. The topological polar surface area (TPSA) is 83.8 Å². The number of nitrogens with zero attached hydrogens (tertiary/aromatic N) is 5. The standard InChI is InChI=1S/C16H20ClN7/c1-23-6-4-10(8-20-23)12-9-21-24-15(18)13(17)14(22-16(12)24)11-3-2-5-19-7-11/h4,6,8-11,19H,2-3,5,7,18H2,1H3/t10?,11-/m0/s1. The van der Waals surface area contributed by atoms with Crippen LogP contribution in [0.5, 0.6) is 0 Å². The Kier molecular flexibility index (Phi) is 3.90. The highest BCUT2D eigenvalue weighted by Crippen LogP contribution is 2.34. The van der Waals surface area contributed by atoms with E-state index < -0.39 is 0 Å². The number of nitrogens with two attached hydrogens (primary N) is 1. The monoisotopic (exact) mass is 345 g/mol. The van der Waals surface area contributed by atoms with Gasteiger partial charge in [0.05, 0.1) is 11.9 Å². The number of nitrogens with one attached hydrogen (secondary N) is 1. The predicted molar refractivity (Wildman–Crippen MR) is 95.4 cm³/mol. The molecule has 0 radical (unpaired) electrons. The molecule has 0 aliphatic carbocycles. The van der Waals surface area contributed by atoms with Crippen molar-refractivity contribution in [3.8, 4) is 0 Å². The number of allylic oxidation sites excluding steroid dienone is 1. The minimum absolute atomic E-state index is 0.0316. The third-order valence-electron chi connectivity index (χ3n) is 4.64. The van der Waals surface area contributed by atoms with Crippen molar-refractivity contribution in [3.63, 3.8) is 0 Å². The van der Waals surface area contributed by atoms with Crippen molar-refractivity contribution in [3.05, 3.63) is 34.8 Å². The van der Waals surface area contributed by atoms with Crippen LogP contribution in [0.4, 0.5) is 5.82 Å². The Morgan fingerprint density at radius 3 is 3.00 bits per heavy atom. The Hall–Kier alpha value is -2.12. The molecule has 0 spiro atoms. The molecule has 2 aromatic heterocycles. The van der Waals surface area contributed by atoms with E-state index in [1.165, 1.54) is 0 Å². The van der Waals surface area contributed by atoms with Crippen molar-refractivity contribution in [2.24, 2.45) is 5.10 Å². The van der Waals surface area contributed by atoms with E-state index in [9.17, 15) is 0 Å². The van der Waals surface area contributed by atoms with Crippen LogP contribution in [0.2, 0.25) is 5.02 Å². The first-order chi connectivity index (χ1) is 11.6. The highest BCUT2D eigenvalue weighted by molar-refractivity contribution is 6.33. The van der Waals surface area contributed by atoms with Gasteiger partial charge in [-0.3, -0.25) is 5.01 Å². The predicted octanol–water partition coefficient (Wildman–Crippen LogP) is 1.96. The van der Waals surface area contributed by atoms with Gasteiger partial charge in [0, 0.05) is 43.4 Å². The maximum atomic E-state index is 6.50. The van der Waals surface area contributed by atoms with Gasteiger partial charge >= 0.3 is 0 Å². The summed E-state index contributed by atoms with van der Waals surface area (Å²) in [7, 11) is 1.89. The second-order valence-electron chi connectivity index (χ2n) is 6.28. The molecule has 0 bridgehead atoms. The number of anilines is 1. The number of nitrogen functional groups attached to an aromatic ring is 1. The first-order valence-electron chi connectivity index (χ1n) is 8.13. The van der Waals surface area contributed by atoms with Crippen LogP contribution in [0.15, 0.2) is 23.6 Å². The first kappa shape index (κ1) is 15.4. The second kappa shape index (κ2) is 6.07. The summed E-state index contributed by atoms with van der Waals surface area (Å²) in [4.78, 5) is 4.85. The number of rotatable bonds is 2. The number of hydrogen-bond acceptors (Lipinski definition) is 6. The third-order valence-corrected chi connectivity index (χ3v) is 5.02. The van der Waals surface area contributed by atoms with Crippen molar-refractivity contribution in [1.29, 1.82) is 0 Å². The zero-order valence-electron chi connectivity index (χ0n) is 13.5. The lowest BCUT2D eigenvalue weighted by Gasteiger charge is -2.24. The molecule has 2 atom stereocenters. The largest absolute Gasteiger partial charge is 0.382 e. The fourth-order valence-corrected chi connectivity index (χ4v) is 3.56. The van der Waals surface area contributed by atoms with Gasteiger partial charge in [-0.2, -0.15) is 14.7 Å². The van der Waals surface area contributed by atoms with Crippen LogP contribution in [0.25, 0.3) is 5.65 Å². The number of aromatic nitrogens is 3. The zero-order valence-corrected chi connectivity index (χ0v) is 14.2. The molecule has 2 aromatic rings. The smallest absolute Gasteiger partial charge is 0.161 e. The molecular formula is C16H20ClN7. The van der Waals surface area contributed by atoms with Gasteiger partial charge in [0.15, 0.2) is 5.65 Å². The average Bonchev–Trinajstić information content (AvgIpc) is 3.03. The van der Waals surface area contributed by atoms with E-state index in [0.717, 1.165) is 42.8 Å². The third kappa shape index (κ3) is 2.53. The Morgan fingerprint density at radius 2 is 2.29 bits per heavy atom. The molecule has 1 fully saturated rings. The first-order valence-corrected chi connectivity index (χ1v) is 8.51. The molecule has 7 nitrogen and oxygen atoms in total. The quantitative estimate of drug-likeness (QED) is 0.869. The minimum Gasteiger partial charge on any atom is -0.382 e. The fourth-order valence-electron chi connectivity index (χ4n) is 3.29. The van der Waals surface area contributed by atoms with Gasteiger partial charge in [-0.15, -0.1) is 0 Å². The number of piperidine rings is 1. The zero-order chi connectivity index (χ0) is 16.7. The normalized spacial score (nSPS) is 24.0. The van der Waals surface area contributed by atoms with E-state index in [2.05, 4.69) is 21.6 Å². The molecule has 1 saturated heterocycles. The van der Waals surface area contributed by atoms with Gasteiger partial charge in [-0.05, 0) is 19.4 Å². The van der Waals surface area contributed by atoms with E-state index in [-0.39, 0.29) is 11.8 Å². The lowest BCUT2D eigenvalue weighted by molar-refractivity contribution is 0.455. The van der Waals surface area contributed by atoms with Gasteiger partial charge in [0.2, 0.25) is 0 Å². The molecule has 4 heterocycles. The van der Waals surface area contributed by atoms with Crippen molar-refractivity contribution >= 4 is 29.3 Å². The maximum Gasteiger partial charge on any atom is 0.161 e. The molecule has 0 amide bonds. The lowest BCUT2D eigenvalue weighted by Crippen LogP contribution is -2.29. The fraction of sp³-hybridized carbons (Fsp3) is 0.438. The average molecular weight is 346 g/mol. The van der Waals surface area contributed by atoms with Crippen LogP contribution in [0, 0.1) is 0 Å². The summed E-state index contributed by atoms with van der Waals surface area (Å²) in [6.07, 6.45) is 9.85. The molecular weight excluding hydrogens is 326 g/mol. The van der Waals surface area contributed by atoms with Crippen molar-refractivity contribution in [2.45, 2.75) is 24.7 Å². The second-order valence-corrected chi connectivity index (χ2v) is 6.66. The maximum absolute atomic E-state index is 6.50. The molecule has 2 aliphatic rings. The number of hydrazone groups is 1. The summed E-state index contributed by atoms with van der Waals surface area (Å²) in [6, 6.07) is 0. The van der Waals surface area contributed by atoms with E-state index >= 15 is 0 Å².